The first kappa shape index (κ1) is 16.1. The second-order valence-corrected chi connectivity index (χ2v) is 5.91. The van der Waals surface area contributed by atoms with Crippen molar-refractivity contribution in [1.29, 1.82) is 0 Å². The fourth-order valence-corrected chi connectivity index (χ4v) is 2.69. The maximum absolute atomic E-state index is 12.2. The molecule has 0 fully saturated rings. The van der Waals surface area contributed by atoms with E-state index in [1.54, 1.807) is 6.20 Å². The summed E-state index contributed by atoms with van der Waals surface area (Å²) in [6.07, 6.45) is 1.71. The summed E-state index contributed by atoms with van der Waals surface area (Å²) in [7, 11) is 0. The molecular formula is C19H16N2O2S. The van der Waals surface area contributed by atoms with E-state index in [1.807, 2.05) is 72.8 Å². The molecule has 4 nitrogen and oxygen atoms in total. The van der Waals surface area contributed by atoms with Crippen LogP contribution in [0.4, 0.5) is 5.69 Å². The van der Waals surface area contributed by atoms with E-state index < -0.39 is 0 Å². The first-order valence-corrected chi connectivity index (χ1v) is 8.45. The van der Waals surface area contributed by atoms with Crippen molar-refractivity contribution >= 4 is 23.4 Å². The first-order chi connectivity index (χ1) is 11.8. The number of hydrogen-bond donors (Lipinski definition) is 1. The van der Waals surface area contributed by atoms with Gasteiger partial charge in [0, 0.05) is 6.20 Å². The van der Waals surface area contributed by atoms with Crippen molar-refractivity contribution in [2.45, 2.75) is 5.03 Å². The van der Waals surface area contributed by atoms with Crippen LogP contribution in [0.3, 0.4) is 0 Å². The zero-order chi connectivity index (χ0) is 16.6. The molecule has 0 aliphatic carbocycles. The van der Waals surface area contributed by atoms with Crippen molar-refractivity contribution in [2.75, 3.05) is 11.1 Å². The van der Waals surface area contributed by atoms with Gasteiger partial charge in [-0.2, -0.15) is 0 Å². The van der Waals surface area contributed by atoms with Crippen LogP contribution in [0.2, 0.25) is 0 Å². The number of nitrogens with one attached hydrogen (secondary N) is 1. The smallest absolute Gasteiger partial charge is 0.234 e. The molecule has 0 aliphatic rings. The van der Waals surface area contributed by atoms with Crippen molar-refractivity contribution in [3.8, 4) is 11.5 Å². The molecule has 5 heteroatoms. The van der Waals surface area contributed by atoms with Gasteiger partial charge in [0.25, 0.3) is 0 Å². The highest BCUT2D eigenvalue weighted by molar-refractivity contribution is 7.99. The maximum atomic E-state index is 12.2. The fourth-order valence-electron chi connectivity index (χ4n) is 2.03. The average Bonchev–Trinajstić information content (AvgIpc) is 2.63. The van der Waals surface area contributed by atoms with Crippen LogP contribution in [0.1, 0.15) is 0 Å². The lowest BCUT2D eigenvalue weighted by Crippen LogP contribution is -2.14. The molecule has 1 amide bonds. The summed E-state index contributed by atoms with van der Waals surface area (Å²) < 4.78 is 5.84. The van der Waals surface area contributed by atoms with Crippen molar-refractivity contribution in [3.63, 3.8) is 0 Å². The molecule has 120 valence electrons. The minimum atomic E-state index is -0.102. The Kier molecular flexibility index (Phi) is 5.48. The number of anilines is 1. The Morgan fingerprint density at radius 1 is 0.958 bits per heavy atom. The lowest BCUT2D eigenvalue weighted by Gasteiger charge is -2.12. The quantitative estimate of drug-likeness (QED) is 0.668. The molecule has 1 aromatic heterocycles. The molecule has 0 unspecified atom stereocenters. The molecule has 1 heterocycles. The molecule has 2 aromatic carbocycles. The number of nitrogens with zero attached hydrogens (tertiary/aromatic N) is 1. The molecule has 0 atom stereocenters. The van der Waals surface area contributed by atoms with Gasteiger partial charge in [0.1, 0.15) is 5.75 Å². The van der Waals surface area contributed by atoms with Gasteiger partial charge in [0.05, 0.1) is 16.5 Å². The zero-order valence-corrected chi connectivity index (χ0v) is 13.7. The number of thioether (sulfide) groups is 1. The number of pyridine rings is 1. The summed E-state index contributed by atoms with van der Waals surface area (Å²) in [6.45, 7) is 0. The number of carbonyl (C=O) groups is 1. The summed E-state index contributed by atoms with van der Waals surface area (Å²) in [5, 5.41) is 3.71. The number of ether oxygens (including phenoxy) is 1. The standard InChI is InChI=1S/C19H16N2O2S/c22-18(14-24-19-12-6-7-13-20-19)21-16-10-4-5-11-17(16)23-15-8-2-1-3-9-15/h1-13H,14H2,(H,21,22). The van der Waals surface area contributed by atoms with E-state index >= 15 is 0 Å². The number of aromatic nitrogens is 1. The van der Waals surface area contributed by atoms with E-state index in [4.69, 9.17) is 4.74 Å². The molecule has 0 saturated carbocycles. The van der Waals surface area contributed by atoms with Gasteiger partial charge in [-0.3, -0.25) is 4.79 Å². The predicted molar refractivity (Wildman–Crippen MR) is 96.5 cm³/mol. The Bertz CT molecular complexity index is 795. The van der Waals surface area contributed by atoms with Gasteiger partial charge in [-0.05, 0) is 36.4 Å². The normalized spacial score (nSPS) is 10.2. The lowest BCUT2D eigenvalue weighted by atomic mass is 10.3. The second-order valence-electron chi connectivity index (χ2n) is 4.92. The van der Waals surface area contributed by atoms with Crippen molar-refractivity contribution < 1.29 is 9.53 Å². The van der Waals surface area contributed by atoms with Crippen LogP contribution < -0.4 is 10.1 Å². The summed E-state index contributed by atoms with van der Waals surface area (Å²) in [5.41, 5.74) is 0.646. The Labute approximate surface area is 144 Å². The number of carbonyl (C=O) groups excluding carboxylic acids is 1. The van der Waals surface area contributed by atoms with Crippen LogP contribution in [0.25, 0.3) is 0 Å². The molecule has 0 spiro atoms. The number of rotatable bonds is 6. The third-order valence-electron chi connectivity index (χ3n) is 3.12. The molecular weight excluding hydrogens is 320 g/mol. The van der Waals surface area contributed by atoms with Crippen LogP contribution in [0.5, 0.6) is 11.5 Å². The monoisotopic (exact) mass is 336 g/mol. The number of benzene rings is 2. The number of amides is 1. The highest BCUT2D eigenvalue weighted by Gasteiger charge is 2.09. The molecule has 0 radical (unpaired) electrons. The van der Waals surface area contributed by atoms with Crippen molar-refractivity contribution in [2.24, 2.45) is 0 Å². The molecule has 0 aliphatic heterocycles. The summed E-state index contributed by atoms with van der Waals surface area (Å²) in [6, 6.07) is 22.5. The largest absolute Gasteiger partial charge is 0.455 e. The minimum Gasteiger partial charge on any atom is -0.455 e. The van der Waals surface area contributed by atoms with E-state index in [1.165, 1.54) is 11.8 Å². The van der Waals surface area contributed by atoms with Crippen molar-refractivity contribution in [3.05, 3.63) is 79.0 Å². The van der Waals surface area contributed by atoms with Gasteiger partial charge < -0.3 is 10.1 Å². The Morgan fingerprint density at radius 2 is 1.71 bits per heavy atom. The van der Waals surface area contributed by atoms with E-state index in [2.05, 4.69) is 10.3 Å². The Balaban J connectivity index is 1.63. The van der Waals surface area contributed by atoms with Crippen LogP contribution in [0, 0.1) is 0 Å². The topological polar surface area (TPSA) is 51.2 Å². The van der Waals surface area contributed by atoms with E-state index in [-0.39, 0.29) is 11.7 Å². The molecule has 3 rings (SSSR count). The van der Waals surface area contributed by atoms with E-state index in [0.717, 1.165) is 10.8 Å². The van der Waals surface area contributed by atoms with Crippen LogP contribution in [-0.4, -0.2) is 16.6 Å². The average molecular weight is 336 g/mol. The lowest BCUT2D eigenvalue weighted by molar-refractivity contribution is -0.113. The summed E-state index contributed by atoms with van der Waals surface area (Å²) >= 11 is 1.39. The second kappa shape index (κ2) is 8.17. The van der Waals surface area contributed by atoms with Gasteiger partial charge in [-0.25, -0.2) is 4.98 Å². The minimum absolute atomic E-state index is 0.102. The molecule has 0 bridgehead atoms. The van der Waals surface area contributed by atoms with Gasteiger partial charge in [0.2, 0.25) is 5.91 Å². The van der Waals surface area contributed by atoms with E-state index in [0.29, 0.717) is 11.4 Å². The van der Waals surface area contributed by atoms with Gasteiger partial charge in [-0.15, -0.1) is 0 Å². The SMILES string of the molecule is O=C(CSc1ccccn1)Nc1ccccc1Oc1ccccc1. The highest BCUT2D eigenvalue weighted by Crippen LogP contribution is 2.29. The van der Waals surface area contributed by atoms with Gasteiger partial charge in [-0.1, -0.05) is 48.2 Å². The Hall–Kier alpha value is -2.79. The number of hydrogen-bond acceptors (Lipinski definition) is 4. The molecule has 24 heavy (non-hydrogen) atoms. The molecule has 0 saturated heterocycles. The highest BCUT2D eigenvalue weighted by atomic mass is 32.2. The van der Waals surface area contributed by atoms with Crippen LogP contribution in [-0.2, 0) is 4.79 Å². The summed E-state index contributed by atoms with van der Waals surface area (Å²) in [4.78, 5) is 16.4. The molecule has 3 aromatic rings. The first-order valence-electron chi connectivity index (χ1n) is 7.47. The van der Waals surface area contributed by atoms with Gasteiger partial charge in [0.15, 0.2) is 5.75 Å². The van der Waals surface area contributed by atoms with Crippen LogP contribution >= 0.6 is 11.8 Å². The third-order valence-corrected chi connectivity index (χ3v) is 4.06. The Morgan fingerprint density at radius 3 is 2.50 bits per heavy atom. The van der Waals surface area contributed by atoms with Gasteiger partial charge >= 0.3 is 0 Å². The third kappa shape index (κ3) is 4.60. The summed E-state index contributed by atoms with van der Waals surface area (Å²) in [5.74, 6) is 1.52. The number of para-hydroxylation sites is 3. The van der Waals surface area contributed by atoms with E-state index in [9.17, 15) is 4.79 Å². The zero-order valence-electron chi connectivity index (χ0n) is 12.9. The van der Waals surface area contributed by atoms with Crippen molar-refractivity contribution in [1.82, 2.24) is 4.98 Å². The fraction of sp³-hybridized carbons (Fsp3) is 0.0526. The molecule has 1 N–H and O–H groups in total. The van der Waals surface area contributed by atoms with Crippen LogP contribution in [0.15, 0.2) is 84.0 Å². The predicted octanol–water partition coefficient (Wildman–Crippen LogP) is 4.60. The maximum Gasteiger partial charge on any atom is 0.234 e.